The average Bonchev–Trinajstić information content (AvgIpc) is 2.32. The van der Waals surface area contributed by atoms with Gasteiger partial charge in [-0.3, -0.25) is 4.79 Å². The van der Waals surface area contributed by atoms with Gasteiger partial charge in [0.1, 0.15) is 5.75 Å². The van der Waals surface area contributed by atoms with Crippen LogP contribution in [0.25, 0.3) is 10.8 Å². The molecule has 17 heavy (non-hydrogen) atoms. The predicted octanol–water partition coefficient (Wildman–Crippen LogP) is 2.28. The molecule has 0 unspecified atom stereocenters. The third-order valence-electron chi connectivity index (χ3n) is 2.46. The van der Waals surface area contributed by atoms with E-state index in [1.807, 2.05) is 12.1 Å². The number of halogens is 1. The van der Waals surface area contributed by atoms with E-state index in [-0.39, 0.29) is 12.4 Å². The van der Waals surface area contributed by atoms with E-state index in [2.05, 4.69) is 15.9 Å². The number of rotatable bonds is 3. The number of benzene rings is 1. The van der Waals surface area contributed by atoms with Crippen molar-refractivity contribution in [1.29, 1.82) is 0 Å². The third kappa shape index (κ3) is 2.35. The monoisotopic (exact) mass is 297 g/mol. The summed E-state index contributed by atoms with van der Waals surface area (Å²) in [4.78, 5) is 11.9. The van der Waals surface area contributed by atoms with Crippen molar-refractivity contribution in [3.63, 3.8) is 0 Å². The number of hydrogen-bond acceptors (Lipinski definition) is 3. The van der Waals surface area contributed by atoms with E-state index < -0.39 is 0 Å². The zero-order valence-corrected chi connectivity index (χ0v) is 11.2. The van der Waals surface area contributed by atoms with Crippen LogP contribution in [0.2, 0.25) is 0 Å². The molecule has 1 aromatic heterocycles. The fraction of sp³-hybridized carbons (Fsp3) is 0.250. The Hall–Kier alpha value is -1.33. The van der Waals surface area contributed by atoms with Gasteiger partial charge in [-0.15, -0.1) is 0 Å². The molecule has 90 valence electrons. The highest BCUT2D eigenvalue weighted by Crippen LogP contribution is 2.29. The van der Waals surface area contributed by atoms with Crippen LogP contribution in [0, 0.1) is 0 Å². The summed E-state index contributed by atoms with van der Waals surface area (Å²) in [5.74, 6) is 0.660. The summed E-state index contributed by atoms with van der Waals surface area (Å²) in [6.45, 7) is 0.176. The lowest BCUT2D eigenvalue weighted by Crippen LogP contribution is -2.15. The number of aryl methyl sites for hydroxylation is 1. The second-order valence-corrected chi connectivity index (χ2v) is 4.51. The molecule has 2 aromatic rings. The Kier molecular flexibility index (Phi) is 3.49. The average molecular weight is 298 g/mol. The van der Waals surface area contributed by atoms with Gasteiger partial charge in [-0.2, -0.15) is 0 Å². The minimum Gasteiger partial charge on any atom is -0.466 e. The highest BCUT2D eigenvalue weighted by atomic mass is 79.9. The highest BCUT2D eigenvalue weighted by molar-refractivity contribution is 9.10. The maximum absolute atomic E-state index is 11.9. The third-order valence-corrected chi connectivity index (χ3v) is 3.08. The maximum Gasteiger partial charge on any atom is 0.258 e. The molecule has 2 rings (SSSR count). The quantitative estimate of drug-likeness (QED) is 0.816. The van der Waals surface area contributed by atoms with Crippen LogP contribution in [0.15, 0.2) is 33.7 Å². The fourth-order valence-electron chi connectivity index (χ4n) is 1.58. The summed E-state index contributed by atoms with van der Waals surface area (Å²) in [7, 11) is 3.29. The van der Waals surface area contributed by atoms with Gasteiger partial charge in [0.15, 0.2) is 6.79 Å². The number of nitrogens with zero attached hydrogens (tertiary/aromatic N) is 1. The van der Waals surface area contributed by atoms with Gasteiger partial charge in [-0.05, 0) is 39.5 Å². The van der Waals surface area contributed by atoms with Gasteiger partial charge in [0.25, 0.3) is 5.56 Å². The summed E-state index contributed by atoms with van der Waals surface area (Å²) >= 11 is 3.38. The molecule has 1 heterocycles. The summed E-state index contributed by atoms with van der Waals surface area (Å²) in [6.07, 6.45) is 1.73. The summed E-state index contributed by atoms with van der Waals surface area (Å²) in [6, 6.07) is 5.46. The van der Waals surface area contributed by atoms with Crippen LogP contribution in [-0.2, 0) is 11.8 Å². The van der Waals surface area contributed by atoms with Crippen LogP contribution in [0.3, 0.4) is 0 Å². The van der Waals surface area contributed by atoms with Gasteiger partial charge in [0, 0.05) is 25.7 Å². The molecular weight excluding hydrogens is 286 g/mol. The van der Waals surface area contributed by atoms with Crippen LogP contribution < -0.4 is 10.3 Å². The second-order valence-electron chi connectivity index (χ2n) is 3.65. The first-order valence-electron chi connectivity index (χ1n) is 5.04. The first-order valence-corrected chi connectivity index (χ1v) is 5.83. The first kappa shape index (κ1) is 12.1. The smallest absolute Gasteiger partial charge is 0.258 e. The molecule has 0 bridgehead atoms. The summed E-state index contributed by atoms with van der Waals surface area (Å²) < 4.78 is 12.5. The van der Waals surface area contributed by atoms with Gasteiger partial charge in [-0.25, -0.2) is 0 Å². The molecule has 1 aromatic carbocycles. The zero-order chi connectivity index (χ0) is 12.4. The van der Waals surface area contributed by atoms with Crippen molar-refractivity contribution < 1.29 is 9.47 Å². The van der Waals surface area contributed by atoms with E-state index in [0.29, 0.717) is 11.1 Å². The van der Waals surface area contributed by atoms with Crippen LogP contribution in [0.1, 0.15) is 0 Å². The highest BCUT2D eigenvalue weighted by Gasteiger charge is 2.07. The van der Waals surface area contributed by atoms with Crippen molar-refractivity contribution >= 4 is 26.7 Å². The fourth-order valence-corrected chi connectivity index (χ4v) is 2.03. The Bertz CT molecular complexity index is 606. The Morgan fingerprint density at radius 1 is 1.41 bits per heavy atom. The molecule has 0 atom stereocenters. The lowest BCUT2D eigenvalue weighted by atomic mass is 10.1. The number of methoxy groups -OCH3 is 1. The van der Waals surface area contributed by atoms with E-state index in [1.54, 1.807) is 31.0 Å². The molecule has 0 saturated heterocycles. The molecule has 0 radical (unpaired) electrons. The van der Waals surface area contributed by atoms with Gasteiger partial charge in [0.05, 0.1) is 4.47 Å². The van der Waals surface area contributed by atoms with Gasteiger partial charge in [-0.1, -0.05) is 0 Å². The first-order chi connectivity index (χ1) is 8.13. The number of ether oxygens (including phenoxy) is 2. The molecule has 0 aliphatic rings. The Labute approximate surface area is 107 Å². The van der Waals surface area contributed by atoms with Crippen LogP contribution >= 0.6 is 15.9 Å². The molecule has 0 spiro atoms. The number of hydrogen-bond donors (Lipinski definition) is 0. The van der Waals surface area contributed by atoms with E-state index >= 15 is 0 Å². The van der Waals surface area contributed by atoms with Gasteiger partial charge in [0.2, 0.25) is 0 Å². The summed E-state index contributed by atoms with van der Waals surface area (Å²) in [5, 5.41) is 1.51. The SMILES string of the molecule is COCOc1cc2ccn(C)c(=O)c2cc1Br. The molecule has 4 nitrogen and oxygen atoms in total. The maximum atomic E-state index is 11.9. The lowest BCUT2D eigenvalue weighted by Gasteiger charge is -2.09. The Morgan fingerprint density at radius 3 is 2.88 bits per heavy atom. The van der Waals surface area contributed by atoms with Crippen molar-refractivity contribution in [2.45, 2.75) is 0 Å². The van der Waals surface area contributed by atoms with Crippen LogP contribution in [-0.4, -0.2) is 18.5 Å². The number of pyridine rings is 1. The number of aromatic nitrogens is 1. The standard InChI is InChI=1S/C12H12BrNO3/c1-14-4-3-8-5-11(17-7-16-2)10(13)6-9(8)12(14)15/h3-6H,7H2,1-2H3. The van der Waals surface area contributed by atoms with E-state index in [1.165, 1.54) is 0 Å². The van der Waals surface area contributed by atoms with Gasteiger partial charge < -0.3 is 14.0 Å². The number of fused-ring (bicyclic) bond motifs is 1. The molecule has 0 amide bonds. The normalized spacial score (nSPS) is 10.8. The van der Waals surface area contributed by atoms with Crippen molar-refractivity contribution in [1.82, 2.24) is 4.57 Å². The molecule has 0 aliphatic carbocycles. The van der Waals surface area contributed by atoms with Crippen molar-refractivity contribution in [3.05, 3.63) is 39.2 Å². The minimum absolute atomic E-state index is 0.0264. The zero-order valence-electron chi connectivity index (χ0n) is 9.57. The molecule has 0 N–H and O–H groups in total. The van der Waals surface area contributed by atoms with Crippen LogP contribution in [0.4, 0.5) is 0 Å². The second kappa shape index (κ2) is 4.89. The molecule has 0 fully saturated rings. The van der Waals surface area contributed by atoms with Crippen molar-refractivity contribution in [2.24, 2.45) is 7.05 Å². The van der Waals surface area contributed by atoms with Gasteiger partial charge >= 0.3 is 0 Å². The largest absolute Gasteiger partial charge is 0.466 e. The molecule has 5 heteroatoms. The Morgan fingerprint density at radius 2 is 2.18 bits per heavy atom. The van der Waals surface area contributed by atoms with Crippen molar-refractivity contribution in [2.75, 3.05) is 13.9 Å². The molecule has 0 saturated carbocycles. The van der Waals surface area contributed by atoms with Crippen LogP contribution in [0.5, 0.6) is 5.75 Å². The van der Waals surface area contributed by atoms with E-state index in [4.69, 9.17) is 9.47 Å². The van der Waals surface area contributed by atoms with E-state index in [0.717, 1.165) is 9.86 Å². The summed E-state index contributed by atoms with van der Waals surface area (Å²) in [5.41, 5.74) is -0.0264. The molecular formula is C12H12BrNO3. The molecule has 0 aliphatic heterocycles. The van der Waals surface area contributed by atoms with Crippen molar-refractivity contribution in [3.8, 4) is 5.75 Å². The topological polar surface area (TPSA) is 40.5 Å². The minimum atomic E-state index is -0.0264. The predicted molar refractivity (Wildman–Crippen MR) is 69.4 cm³/mol. The Balaban J connectivity index is 2.58. The van der Waals surface area contributed by atoms with E-state index in [9.17, 15) is 4.79 Å². The lowest BCUT2D eigenvalue weighted by molar-refractivity contribution is 0.0507.